The molecule has 0 unspecified atom stereocenters. The van der Waals surface area contributed by atoms with Gasteiger partial charge in [0, 0.05) is 41.7 Å². The molecule has 0 radical (unpaired) electrons. The second kappa shape index (κ2) is 6.11. The molecule has 1 aliphatic rings. The molecule has 0 aromatic carbocycles. The van der Waals surface area contributed by atoms with Crippen molar-refractivity contribution in [2.24, 2.45) is 0 Å². The summed E-state index contributed by atoms with van der Waals surface area (Å²) >= 11 is 1.41. The number of likely N-dealkylation sites (tertiary alicyclic amines) is 1. The molecule has 7 nitrogen and oxygen atoms in total. The van der Waals surface area contributed by atoms with Gasteiger partial charge < -0.3 is 4.90 Å². The van der Waals surface area contributed by atoms with Crippen molar-refractivity contribution in [3.63, 3.8) is 0 Å². The van der Waals surface area contributed by atoms with E-state index in [2.05, 4.69) is 10.1 Å². The van der Waals surface area contributed by atoms with E-state index in [1.54, 1.807) is 21.9 Å². The number of thiazole rings is 1. The zero-order valence-corrected chi connectivity index (χ0v) is 15.0. The number of hydrogen-bond acceptors (Lipinski definition) is 5. The van der Waals surface area contributed by atoms with Crippen LogP contribution in [0.25, 0.3) is 5.65 Å². The van der Waals surface area contributed by atoms with Gasteiger partial charge in [0.15, 0.2) is 5.65 Å². The molecule has 25 heavy (non-hydrogen) atoms. The minimum Gasteiger partial charge on any atom is -0.337 e. The molecule has 1 N–H and O–H groups in total. The number of H-pyrrole nitrogens is 1. The number of rotatable bonds is 3. The molecule has 0 bridgehead atoms. The van der Waals surface area contributed by atoms with Gasteiger partial charge in [0.05, 0.1) is 11.2 Å². The Balaban J connectivity index is 1.63. The summed E-state index contributed by atoms with van der Waals surface area (Å²) < 4.78 is 1.50. The third-order valence-corrected chi connectivity index (χ3v) is 5.46. The minimum absolute atomic E-state index is 0.0485. The van der Waals surface area contributed by atoms with Crippen molar-refractivity contribution in [3.05, 3.63) is 50.0 Å². The van der Waals surface area contributed by atoms with Crippen molar-refractivity contribution in [1.82, 2.24) is 24.5 Å². The van der Waals surface area contributed by atoms with E-state index in [4.69, 9.17) is 4.98 Å². The SMILES string of the molecule is CCc1[nH]n2c(=O)cc([C@@H]3CCN(C(=O)c4cscn4)C3)nc2c1C. The number of aromatic amines is 1. The number of carbonyl (C=O) groups excluding carboxylic acids is 1. The van der Waals surface area contributed by atoms with Gasteiger partial charge >= 0.3 is 0 Å². The molecule has 3 aromatic heterocycles. The topological polar surface area (TPSA) is 83.4 Å². The minimum atomic E-state index is -0.105. The largest absolute Gasteiger partial charge is 0.337 e. The van der Waals surface area contributed by atoms with E-state index in [1.165, 1.54) is 15.9 Å². The highest BCUT2D eigenvalue weighted by Gasteiger charge is 2.30. The lowest BCUT2D eigenvalue weighted by molar-refractivity contribution is 0.0785. The van der Waals surface area contributed by atoms with Crippen LogP contribution in [0.5, 0.6) is 0 Å². The van der Waals surface area contributed by atoms with Crippen LogP contribution in [0.4, 0.5) is 0 Å². The summed E-state index contributed by atoms with van der Waals surface area (Å²) in [4.78, 5) is 35.5. The lowest BCUT2D eigenvalue weighted by Crippen LogP contribution is -2.29. The number of carbonyl (C=O) groups is 1. The number of hydrogen-bond donors (Lipinski definition) is 1. The van der Waals surface area contributed by atoms with Crippen molar-refractivity contribution < 1.29 is 4.79 Å². The van der Waals surface area contributed by atoms with Crippen molar-refractivity contribution >= 4 is 22.9 Å². The van der Waals surface area contributed by atoms with E-state index in [0.717, 1.165) is 29.8 Å². The first-order chi connectivity index (χ1) is 12.1. The number of nitrogens with zero attached hydrogens (tertiary/aromatic N) is 4. The first-order valence-corrected chi connectivity index (χ1v) is 9.31. The Bertz CT molecular complexity index is 989. The van der Waals surface area contributed by atoms with Crippen LogP contribution < -0.4 is 5.56 Å². The summed E-state index contributed by atoms with van der Waals surface area (Å²) in [6, 6.07) is 1.59. The van der Waals surface area contributed by atoms with Gasteiger partial charge in [0.25, 0.3) is 11.5 Å². The summed E-state index contributed by atoms with van der Waals surface area (Å²) in [7, 11) is 0. The third kappa shape index (κ3) is 2.66. The normalized spacial score (nSPS) is 17.5. The van der Waals surface area contributed by atoms with Gasteiger partial charge in [0.1, 0.15) is 5.69 Å². The summed E-state index contributed by atoms with van der Waals surface area (Å²) in [5.41, 5.74) is 5.53. The Morgan fingerprint density at radius 1 is 1.48 bits per heavy atom. The van der Waals surface area contributed by atoms with E-state index < -0.39 is 0 Å². The average molecular weight is 357 g/mol. The highest BCUT2D eigenvalue weighted by Crippen LogP contribution is 2.27. The Hall–Kier alpha value is -2.48. The molecule has 4 rings (SSSR count). The number of fused-ring (bicyclic) bond motifs is 1. The predicted molar refractivity (Wildman–Crippen MR) is 95.3 cm³/mol. The fourth-order valence-corrected chi connectivity index (χ4v) is 3.96. The molecule has 0 aliphatic carbocycles. The maximum absolute atomic E-state index is 12.4. The maximum atomic E-state index is 12.4. The summed E-state index contributed by atoms with van der Waals surface area (Å²) in [6.07, 6.45) is 1.63. The molecule has 1 fully saturated rings. The van der Waals surface area contributed by atoms with Gasteiger partial charge in [-0.25, -0.2) is 14.5 Å². The smallest absolute Gasteiger partial charge is 0.273 e. The highest BCUT2D eigenvalue weighted by atomic mass is 32.1. The van der Waals surface area contributed by atoms with E-state index in [0.29, 0.717) is 24.4 Å². The van der Waals surface area contributed by atoms with Crippen molar-refractivity contribution in [2.45, 2.75) is 32.6 Å². The molecule has 0 spiro atoms. The standard InChI is InChI=1S/C17H19N5O2S/c1-3-12-10(2)16-19-13(6-15(23)22(16)20-12)11-4-5-21(7-11)17(24)14-8-25-9-18-14/h6,8-9,11,20H,3-5,7H2,1-2H3/t11-/m1/s1. The quantitative estimate of drug-likeness (QED) is 0.777. The van der Waals surface area contributed by atoms with Gasteiger partial charge in [-0.05, 0) is 19.8 Å². The summed E-state index contributed by atoms with van der Waals surface area (Å²) in [5.74, 6) is 0.0345. The van der Waals surface area contributed by atoms with Crippen molar-refractivity contribution in [1.29, 1.82) is 0 Å². The second-order valence-electron chi connectivity index (χ2n) is 6.36. The number of aryl methyl sites for hydroxylation is 2. The highest BCUT2D eigenvalue weighted by molar-refractivity contribution is 7.07. The van der Waals surface area contributed by atoms with E-state index >= 15 is 0 Å². The van der Waals surface area contributed by atoms with Crippen LogP contribution in [-0.4, -0.2) is 43.5 Å². The number of amides is 1. The number of nitrogens with one attached hydrogen (secondary N) is 1. The van der Waals surface area contributed by atoms with Crippen LogP contribution in [0.15, 0.2) is 21.8 Å². The number of aromatic nitrogens is 4. The first kappa shape index (κ1) is 16.0. The Morgan fingerprint density at radius 2 is 2.32 bits per heavy atom. The molecular weight excluding hydrogens is 338 g/mol. The van der Waals surface area contributed by atoms with Gasteiger partial charge in [0.2, 0.25) is 0 Å². The van der Waals surface area contributed by atoms with Crippen LogP contribution in [-0.2, 0) is 6.42 Å². The van der Waals surface area contributed by atoms with E-state index in [1.807, 2.05) is 13.8 Å². The molecule has 8 heteroatoms. The Morgan fingerprint density at radius 3 is 3.04 bits per heavy atom. The van der Waals surface area contributed by atoms with Crippen LogP contribution in [0, 0.1) is 6.92 Å². The fourth-order valence-electron chi connectivity index (χ4n) is 3.43. The molecule has 1 amide bonds. The van der Waals surface area contributed by atoms with Crippen LogP contribution in [0.1, 0.15) is 46.7 Å². The Labute approximate surface area is 148 Å². The lowest BCUT2D eigenvalue weighted by atomic mass is 10.0. The van der Waals surface area contributed by atoms with Crippen molar-refractivity contribution in [3.8, 4) is 0 Å². The van der Waals surface area contributed by atoms with Crippen LogP contribution >= 0.6 is 11.3 Å². The first-order valence-electron chi connectivity index (χ1n) is 8.37. The molecule has 3 aromatic rings. The fraction of sp³-hybridized carbons (Fsp3) is 0.412. The molecular formula is C17H19N5O2S. The van der Waals surface area contributed by atoms with Gasteiger partial charge in [-0.1, -0.05) is 6.92 Å². The van der Waals surface area contributed by atoms with Crippen molar-refractivity contribution in [2.75, 3.05) is 13.1 Å². The molecule has 130 valence electrons. The molecule has 0 saturated carbocycles. The monoisotopic (exact) mass is 357 g/mol. The van der Waals surface area contributed by atoms with Crippen LogP contribution in [0.3, 0.4) is 0 Å². The third-order valence-electron chi connectivity index (χ3n) is 4.87. The zero-order chi connectivity index (χ0) is 17.6. The molecule has 1 aliphatic heterocycles. The molecule has 1 saturated heterocycles. The van der Waals surface area contributed by atoms with E-state index in [-0.39, 0.29) is 17.4 Å². The molecule has 4 heterocycles. The van der Waals surface area contributed by atoms with Gasteiger partial charge in [-0.15, -0.1) is 11.3 Å². The van der Waals surface area contributed by atoms with Crippen LogP contribution in [0.2, 0.25) is 0 Å². The van der Waals surface area contributed by atoms with E-state index in [9.17, 15) is 9.59 Å². The predicted octanol–water partition coefficient (Wildman–Crippen LogP) is 1.98. The summed E-state index contributed by atoms with van der Waals surface area (Å²) in [5, 5.41) is 4.88. The summed E-state index contributed by atoms with van der Waals surface area (Å²) in [6.45, 7) is 5.26. The molecule has 1 atom stereocenters. The van der Waals surface area contributed by atoms with Gasteiger partial charge in [-0.3, -0.25) is 14.7 Å². The zero-order valence-electron chi connectivity index (χ0n) is 14.2. The average Bonchev–Trinajstić information content (AvgIpc) is 3.35. The second-order valence-corrected chi connectivity index (χ2v) is 7.08. The maximum Gasteiger partial charge on any atom is 0.273 e. The Kier molecular flexibility index (Phi) is 3.91. The lowest BCUT2D eigenvalue weighted by Gasteiger charge is -2.15. The van der Waals surface area contributed by atoms with Gasteiger partial charge in [-0.2, -0.15) is 0 Å².